The van der Waals surface area contributed by atoms with Crippen LogP contribution in [0.3, 0.4) is 0 Å². The van der Waals surface area contributed by atoms with Gasteiger partial charge in [-0.3, -0.25) is 9.78 Å². The standard InChI is InChI=1S/C8H10N2O.2ClH/c1-6(9)8(11)7-2-4-10-5-3-7;;/h2-6H,9H2,1H3;2*1H. The van der Waals surface area contributed by atoms with E-state index in [0.29, 0.717) is 5.56 Å². The summed E-state index contributed by atoms with van der Waals surface area (Å²) in [5.74, 6) is -0.0487. The first-order valence-electron chi connectivity index (χ1n) is 3.41. The molecule has 2 N–H and O–H groups in total. The van der Waals surface area contributed by atoms with Crippen LogP contribution in [-0.4, -0.2) is 16.8 Å². The zero-order valence-corrected chi connectivity index (χ0v) is 8.77. The van der Waals surface area contributed by atoms with Gasteiger partial charge in [-0.25, -0.2) is 0 Å². The minimum Gasteiger partial charge on any atom is -0.321 e. The molecule has 0 aliphatic rings. The maximum atomic E-state index is 11.2. The molecule has 0 radical (unpaired) electrons. The van der Waals surface area contributed by atoms with E-state index in [1.54, 1.807) is 31.5 Å². The van der Waals surface area contributed by atoms with E-state index >= 15 is 0 Å². The van der Waals surface area contributed by atoms with Gasteiger partial charge < -0.3 is 5.73 Å². The van der Waals surface area contributed by atoms with Crippen LogP contribution in [0, 0.1) is 0 Å². The summed E-state index contributed by atoms with van der Waals surface area (Å²) in [6.45, 7) is 1.67. The summed E-state index contributed by atoms with van der Waals surface area (Å²) in [4.78, 5) is 15.0. The number of aromatic nitrogens is 1. The molecule has 3 nitrogen and oxygen atoms in total. The van der Waals surface area contributed by atoms with Crippen LogP contribution in [0.1, 0.15) is 17.3 Å². The van der Waals surface area contributed by atoms with Crippen molar-refractivity contribution in [2.45, 2.75) is 13.0 Å². The molecule has 1 aromatic heterocycles. The molecular weight excluding hydrogens is 211 g/mol. The highest BCUT2D eigenvalue weighted by Crippen LogP contribution is 1.99. The van der Waals surface area contributed by atoms with Crippen LogP contribution in [0.15, 0.2) is 24.5 Å². The smallest absolute Gasteiger partial charge is 0.179 e. The molecule has 0 saturated carbocycles. The van der Waals surface area contributed by atoms with E-state index in [9.17, 15) is 4.79 Å². The molecule has 1 atom stereocenters. The number of carbonyl (C=O) groups is 1. The molecule has 5 heteroatoms. The van der Waals surface area contributed by atoms with Crippen molar-refractivity contribution in [2.75, 3.05) is 0 Å². The highest BCUT2D eigenvalue weighted by atomic mass is 35.5. The number of ketones is 1. The quantitative estimate of drug-likeness (QED) is 0.772. The first-order valence-corrected chi connectivity index (χ1v) is 3.41. The van der Waals surface area contributed by atoms with Crippen molar-refractivity contribution in [3.63, 3.8) is 0 Å². The van der Waals surface area contributed by atoms with E-state index in [4.69, 9.17) is 5.73 Å². The predicted octanol–water partition coefficient (Wildman–Crippen LogP) is 1.46. The third kappa shape index (κ3) is 4.22. The Morgan fingerprint density at radius 3 is 2.23 bits per heavy atom. The highest BCUT2D eigenvalue weighted by Gasteiger charge is 2.08. The van der Waals surface area contributed by atoms with Gasteiger partial charge in [0, 0.05) is 18.0 Å². The highest BCUT2D eigenvalue weighted by molar-refractivity contribution is 5.99. The Labute approximate surface area is 89.6 Å². The Bertz CT molecular complexity index is 252. The average Bonchev–Trinajstić information content (AvgIpc) is 2.05. The van der Waals surface area contributed by atoms with Gasteiger partial charge >= 0.3 is 0 Å². The largest absolute Gasteiger partial charge is 0.321 e. The maximum absolute atomic E-state index is 11.2. The Balaban J connectivity index is 0. The van der Waals surface area contributed by atoms with Crippen molar-refractivity contribution < 1.29 is 4.79 Å². The van der Waals surface area contributed by atoms with Crippen LogP contribution in [0.2, 0.25) is 0 Å². The molecule has 1 aromatic rings. The molecule has 0 aliphatic heterocycles. The molecule has 0 aromatic carbocycles. The summed E-state index contributed by atoms with van der Waals surface area (Å²) in [6, 6.07) is 2.88. The second-order valence-corrected chi connectivity index (χ2v) is 2.39. The number of halogens is 2. The van der Waals surface area contributed by atoms with E-state index in [2.05, 4.69) is 4.98 Å². The Morgan fingerprint density at radius 2 is 1.85 bits per heavy atom. The number of rotatable bonds is 2. The molecular formula is C8H12Cl2N2O. The van der Waals surface area contributed by atoms with Crippen LogP contribution in [-0.2, 0) is 0 Å². The fourth-order valence-corrected chi connectivity index (χ4v) is 0.779. The molecule has 0 saturated heterocycles. The van der Waals surface area contributed by atoms with Gasteiger partial charge in [-0.2, -0.15) is 0 Å². The molecule has 1 rings (SSSR count). The molecule has 13 heavy (non-hydrogen) atoms. The van der Waals surface area contributed by atoms with E-state index < -0.39 is 6.04 Å². The van der Waals surface area contributed by atoms with Gasteiger partial charge in [0.2, 0.25) is 0 Å². The van der Waals surface area contributed by atoms with E-state index in [1.807, 2.05) is 0 Å². The topological polar surface area (TPSA) is 56.0 Å². The Morgan fingerprint density at radius 1 is 1.38 bits per heavy atom. The lowest BCUT2D eigenvalue weighted by atomic mass is 10.1. The normalized spacial score (nSPS) is 10.6. The summed E-state index contributed by atoms with van der Waals surface area (Å²) >= 11 is 0. The average molecular weight is 223 g/mol. The SMILES string of the molecule is CC(N)C(=O)c1ccncc1.Cl.Cl. The summed E-state index contributed by atoms with van der Waals surface area (Å²) in [5, 5.41) is 0. The fraction of sp³-hybridized carbons (Fsp3) is 0.250. The second-order valence-electron chi connectivity index (χ2n) is 2.39. The van der Waals surface area contributed by atoms with Crippen molar-refractivity contribution in [1.29, 1.82) is 0 Å². The van der Waals surface area contributed by atoms with Gasteiger partial charge in [-0.05, 0) is 19.1 Å². The van der Waals surface area contributed by atoms with Gasteiger partial charge in [-0.1, -0.05) is 0 Å². The van der Waals surface area contributed by atoms with Gasteiger partial charge in [0.05, 0.1) is 6.04 Å². The van der Waals surface area contributed by atoms with Crippen LogP contribution >= 0.6 is 24.8 Å². The van der Waals surface area contributed by atoms with Crippen LogP contribution in [0.25, 0.3) is 0 Å². The van der Waals surface area contributed by atoms with Gasteiger partial charge in [0.15, 0.2) is 5.78 Å². The third-order valence-electron chi connectivity index (χ3n) is 1.38. The molecule has 0 bridgehead atoms. The molecule has 1 heterocycles. The monoisotopic (exact) mass is 222 g/mol. The molecule has 0 aliphatic carbocycles. The molecule has 1 unspecified atom stereocenters. The predicted molar refractivity (Wildman–Crippen MR) is 56.7 cm³/mol. The number of nitrogens with two attached hydrogens (primary N) is 1. The number of hydrogen-bond acceptors (Lipinski definition) is 3. The van der Waals surface area contributed by atoms with Gasteiger partial charge in [-0.15, -0.1) is 24.8 Å². The van der Waals surface area contributed by atoms with Crippen LogP contribution < -0.4 is 5.73 Å². The van der Waals surface area contributed by atoms with Gasteiger partial charge in [0.1, 0.15) is 0 Å². The van der Waals surface area contributed by atoms with Crippen molar-refractivity contribution >= 4 is 30.6 Å². The number of pyridine rings is 1. The Kier molecular flexibility index (Phi) is 7.81. The first-order chi connectivity index (χ1) is 5.22. The van der Waals surface area contributed by atoms with Gasteiger partial charge in [0.25, 0.3) is 0 Å². The third-order valence-corrected chi connectivity index (χ3v) is 1.38. The first kappa shape index (κ1) is 14.9. The number of Topliss-reactive ketones (excluding diaryl/α,β-unsaturated/α-hetero) is 1. The molecule has 0 spiro atoms. The van der Waals surface area contributed by atoms with Crippen molar-refractivity contribution in [2.24, 2.45) is 5.73 Å². The minimum absolute atomic E-state index is 0. The second kappa shape index (κ2) is 6.83. The van der Waals surface area contributed by atoms with E-state index in [1.165, 1.54) is 0 Å². The molecule has 0 amide bonds. The number of carbonyl (C=O) groups excluding carboxylic acids is 1. The Hall–Kier alpha value is -0.640. The van der Waals surface area contributed by atoms with Crippen molar-refractivity contribution in [3.8, 4) is 0 Å². The molecule has 74 valence electrons. The lowest BCUT2D eigenvalue weighted by Crippen LogP contribution is -2.26. The van der Waals surface area contributed by atoms with E-state index in [-0.39, 0.29) is 30.6 Å². The number of hydrogen-bond donors (Lipinski definition) is 1. The maximum Gasteiger partial charge on any atom is 0.179 e. The van der Waals surface area contributed by atoms with Crippen molar-refractivity contribution in [3.05, 3.63) is 30.1 Å². The van der Waals surface area contributed by atoms with Crippen LogP contribution in [0.5, 0.6) is 0 Å². The zero-order valence-electron chi connectivity index (χ0n) is 7.14. The fourth-order valence-electron chi connectivity index (χ4n) is 0.779. The minimum atomic E-state index is -0.433. The lowest BCUT2D eigenvalue weighted by Gasteiger charge is -2.01. The lowest BCUT2D eigenvalue weighted by molar-refractivity contribution is 0.0968. The molecule has 0 fully saturated rings. The number of nitrogens with zero attached hydrogens (tertiary/aromatic N) is 1. The summed E-state index contributed by atoms with van der Waals surface area (Å²) in [5.41, 5.74) is 6.02. The summed E-state index contributed by atoms with van der Waals surface area (Å²) in [6.07, 6.45) is 3.16. The van der Waals surface area contributed by atoms with Crippen molar-refractivity contribution in [1.82, 2.24) is 4.98 Å². The van der Waals surface area contributed by atoms with E-state index in [0.717, 1.165) is 0 Å². The van der Waals surface area contributed by atoms with Crippen LogP contribution in [0.4, 0.5) is 0 Å². The summed E-state index contributed by atoms with van der Waals surface area (Å²) in [7, 11) is 0. The zero-order chi connectivity index (χ0) is 8.27. The summed E-state index contributed by atoms with van der Waals surface area (Å²) < 4.78 is 0.